The van der Waals surface area contributed by atoms with Crippen molar-refractivity contribution in [3.8, 4) is 0 Å². The molecule has 1 saturated carbocycles. The molecule has 0 saturated heterocycles. The molecule has 1 aliphatic rings. The Morgan fingerprint density at radius 2 is 1.65 bits per heavy atom. The van der Waals surface area contributed by atoms with Crippen LogP contribution in [0.2, 0.25) is 0 Å². The lowest BCUT2D eigenvalue weighted by atomic mass is 9.92. The maximum Gasteiger partial charge on any atom is 0.251 e. The maximum absolute atomic E-state index is 12.4. The summed E-state index contributed by atoms with van der Waals surface area (Å²) in [5, 5.41) is 3.18. The van der Waals surface area contributed by atoms with Crippen LogP contribution in [-0.2, 0) is 10.6 Å². The highest BCUT2D eigenvalue weighted by Gasteiger charge is 2.23. The van der Waals surface area contributed by atoms with Crippen molar-refractivity contribution in [1.82, 2.24) is 10.2 Å². The van der Waals surface area contributed by atoms with Crippen LogP contribution in [-0.4, -0.2) is 49.7 Å². The largest absolute Gasteiger partial charge is 0.378 e. The SMILES string of the molecule is CCCCCN(C)CCCCCCOC1CCC(NC(=O)c2ccc(CCl)cc2)CC1. The maximum atomic E-state index is 12.4. The summed E-state index contributed by atoms with van der Waals surface area (Å²) >= 11 is 5.81. The zero-order chi connectivity index (χ0) is 22.3. The fourth-order valence-corrected chi connectivity index (χ4v) is 4.40. The van der Waals surface area contributed by atoms with Gasteiger partial charge in [0.2, 0.25) is 0 Å². The van der Waals surface area contributed by atoms with Gasteiger partial charge in [0, 0.05) is 24.1 Å². The molecule has 5 heteroatoms. The molecule has 1 aromatic rings. The summed E-state index contributed by atoms with van der Waals surface area (Å²) in [7, 11) is 2.24. The molecule has 4 nitrogen and oxygen atoms in total. The van der Waals surface area contributed by atoms with Gasteiger partial charge in [-0.1, -0.05) is 44.7 Å². The van der Waals surface area contributed by atoms with E-state index in [1.807, 2.05) is 24.3 Å². The fourth-order valence-electron chi connectivity index (χ4n) is 4.22. The average Bonchev–Trinajstić information content (AvgIpc) is 2.79. The number of rotatable bonds is 15. The Bertz CT molecular complexity index is 600. The third kappa shape index (κ3) is 10.9. The summed E-state index contributed by atoms with van der Waals surface area (Å²) in [4.78, 5) is 14.9. The molecular formula is C26H43ClN2O2. The second-order valence-electron chi connectivity index (χ2n) is 9.07. The summed E-state index contributed by atoms with van der Waals surface area (Å²) in [5.74, 6) is 0.490. The summed E-state index contributed by atoms with van der Waals surface area (Å²) in [6.45, 7) is 5.59. The number of ether oxygens (including phenoxy) is 1. The van der Waals surface area contributed by atoms with Crippen LogP contribution in [0.4, 0.5) is 0 Å². The molecule has 176 valence electrons. The smallest absolute Gasteiger partial charge is 0.251 e. The minimum Gasteiger partial charge on any atom is -0.378 e. The molecule has 0 atom stereocenters. The molecule has 0 aliphatic heterocycles. The standard InChI is InChI=1S/C26H43ClN2O2/c1-3-4-7-18-29(2)19-8-5-6-9-20-31-25-16-14-24(15-17-25)28-26(30)23-12-10-22(21-27)11-13-23/h10-13,24-25H,3-9,14-21H2,1-2H3,(H,28,30). The van der Waals surface area contributed by atoms with E-state index in [0.717, 1.165) is 44.3 Å². The van der Waals surface area contributed by atoms with Crippen LogP contribution in [0.3, 0.4) is 0 Å². The molecule has 1 fully saturated rings. The van der Waals surface area contributed by atoms with E-state index >= 15 is 0 Å². The third-order valence-corrected chi connectivity index (χ3v) is 6.62. The molecule has 0 spiro atoms. The third-order valence-electron chi connectivity index (χ3n) is 6.31. The Morgan fingerprint density at radius 3 is 2.29 bits per heavy atom. The number of nitrogens with zero attached hydrogens (tertiary/aromatic N) is 1. The number of halogens is 1. The van der Waals surface area contributed by atoms with E-state index in [9.17, 15) is 4.79 Å². The van der Waals surface area contributed by atoms with Crippen molar-refractivity contribution >= 4 is 17.5 Å². The van der Waals surface area contributed by atoms with Gasteiger partial charge in [-0.15, -0.1) is 11.6 Å². The summed E-state index contributed by atoms with van der Waals surface area (Å²) in [6, 6.07) is 7.80. The lowest BCUT2D eigenvalue weighted by molar-refractivity contribution is 0.0203. The monoisotopic (exact) mass is 450 g/mol. The van der Waals surface area contributed by atoms with Crippen LogP contribution < -0.4 is 5.32 Å². The van der Waals surface area contributed by atoms with Crippen molar-refractivity contribution in [1.29, 1.82) is 0 Å². The topological polar surface area (TPSA) is 41.6 Å². The van der Waals surface area contributed by atoms with Gasteiger partial charge in [-0.25, -0.2) is 0 Å². The van der Waals surface area contributed by atoms with Crippen LogP contribution in [0.5, 0.6) is 0 Å². The predicted octanol–water partition coefficient (Wildman–Crippen LogP) is 6.17. The first-order valence-corrected chi connectivity index (χ1v) is 12.9. The fraction of sp³-hybridized carbons (Fsp3) is 0.731. The quantitative estimate of drug-likeness (QED) is 0.257. The number of carbonyl (C=O) groups excluding carboxylic acids is 1. The first-order valence-electron chi connectivity index (χ1n) is 12.4. The van der Waals surface area contributed by atoms with Crippen LogP contribution in [0.1, 0.15) is 93.5 Å². The van der Waals surface area contributed by atoms with Gasteiger partial charge in [0.05, 0.1) is 6.10 Å². The van der Waals surface area contributed by atoms with Crippen molar-refractivity contribution in [2.75, 3.05) is 26.7 Å². The van der Waals surface area contributed by atoms with E-state index in [-0.39, 0.29) is 11.9 Å². The van der Waals surface area contributed by atoms with E-state index in [1.165, 1.54) is 51.6 Å². The zero-order valence-electron chi connectivity index (χ0n) is 19.7. The van der Waals surface area contributed by atoms with E-state index in [1.54, 1.807) is 0 Å². The second kappa shape index (κ2) is 15.7. The number of amides is 1. The summed E-state index contributed by atoms with van der Waals surface area (Å²) < 4.78 is 6.10. The number of benzene rings is 1. The Balaban J connectivity index is 1.48. The molecule has 0 bridgehead atoms. The molecular weight excluding hydrogens is 408 g/mol. The van der Waals surface area contributed by atoms with Crippen molar-refractivity contribution in [3.63, 3.8) is 0 Å². The van der Waals surface area contributed by atoms with Gasteiger partial charge in [0.25, 0.3) is 5.91 Å². The normalized spacial score (nSPS) is 19.0. The van der Waals surface area contributed by atoms with Gasteiger partial charge >= 0.3 is 0 Å². The number of alkyl halides is 1. The van der Waals surface area contributed by atoms with E-state index in [2.05, 4.69) is 24.2 Å². The number of hydrogen-bond donors (Lipinski definition) is 1. The molecule has 31 heavy (non-hydrogen) atoms. The second-order valence-corrected chi connectivity index (χ2v) is 9.34. The number of hydrogen-bond acceptors (Lipinski definition) is 3. The Labute approximate surface area is 195 Å². The molecule has 1 amide bonds. The van der Waals surface area contributed by atoms with Gasteiger partial charge in [-0.05, 0) is 82.8 Å². The minimum atomic E-state index is 0.0153. The summed E-state index contributed by atoms with van der Waals surface area (Å²) in [6.07, 6.45) is 13.4. The number of carbonyl (C=O) groups is 1. The Kier molecular flexibility index (Phi) is 13.2. The van der Waals surface area contributed by atoms with Crippen molar-refractivity contribution in [2.45, 2.75) is 95.6 Å². The molecule has 1 aromatic carbocycles. The zero-order valence-corrected chi connectivity index (χ0v) is 20.5. The van der Waals surface area contributed by atoms with Crippen LogP contribution in [0.25, 0.3) is 0 Å². The molecule has 1 N–H and O–H groups in total. The number of unbranched alkanes of at least 4 members (excludes halogenated alkanes) is 5. The Hall–Kier alpha value is -1.10. The van der Waals surface area contributed by atoms with Crippen LogP contribution in [0, 0.1) is 0 Å². The molecule has 2 rings (SSSR count). The highest BCUT2D eigenvalue weighted by atomic mass is 35.5. The van der Waals surface area contributed by atoms with E-state index in [0.29, 0.717) is 17.5 Å². The van der Waals surface area contributed by atoms with Crippen molar-refractivity contribution < 1.29 is 9.53 Å². The van der Waals surface area contributed by atoms with Gasteiger partial charge in [0.15, 0.2) is 0 Å². The number of nitrogens with one attached hydrogen (secondary N) is 1. The van der Waals surface area contributed by atoms with E-state index < -0.39 is 0 Å². The molecule has 0 heterocycles. The predicted molar refractivity (Wildman–Crippen MR) is 131 cm³/mol. The highest BCUT2D eigenvalue weighted by molar-refractivity contribution is 6.17. The first kappa shape index (κ1) is 26.2. The van der Waals surface area contributed by atoms with Crippen molar-refractivity contribution in [3.05, 3.63) is 35.4 Å². The molecule has 0 radical (unpaired) electrons. The van der Waals surface area contributed by atoms with Gasteiger partial charge in [-0.2, -0.15) is 0 Å². The van der Waals surface area contributed by atoms with E-state index in [4.69, 9.17) is 16.3 Å². The van der Waals surface area contributed by atoms with Gasteiger partial charge in [-0.3, -0.25) is 4.79 Å². The van der Waals surface area contributed by atoms with Crippen LogP contribution >= 0.6 is 11.6 Å². The highest BCUT2D eigenvalue weighted by Crippen LogP contribution is 2.22. The lowest BCUT2D eigenvalue weighted by Gasteiger charge is -2.29. The lowest BCUT2D eigenvalue weighted by Crippen LogP contribution is -2.39. The molecule has 0 unspecified atom stereocenters. The van der Waals surface area contributed by atoms with Crippen LogP contribution in [0.15, 0.2) is 24.3 Å². The minimum absolute atomic E-state index is 0.0153. The average molecular weight is 451 g/mol. The van der Waals surface area contributed by atoms with Gasteiger partial charge < -0.3 is 15.0 Å². The molecule has 1 aliphatic carbocycles. The summed E-state index contributed by atoms with van der Waals surface area (Å²) in [5.41, 5.74) is 1.74. The Morgan fingerprint density at radius 1 is 1.00 bits per heavy atom. The van der Waals surface area contributed by atoms with Crippen molar-refractivity contribution in [2.24, 2.45) is 0 Å². The van der Waals surface area contributed by atoms with Gasteiger partial charge in [0.1, 0.15) is 0 Å². The first-order chi connectivity index (χ1) is 15.1. The molecule has 0 aromatic heterocycles.